The standard InChI is InChI=1S/C16H25FN2/c1-3-5-13-8-9-19(12-13)16-7-6-15(17)10-14(16)11-18-4-2/h6-7,10,13,18H,3-5,8-9,11-12H2,1-2H3. The van der Waals surface area contributed by atoms with Crippen LogP contribution in [0.5, 0.6) is 0 Å². The van der Waals surface area contributed by atoms with Crippen molar-refractivity contribution in [3.63, 3.8) is 0 Å². The highest BCUT2D eigenvalue weighted by molar-refractivity contribution is 5.54. The van der Waals surface area contributed by atoms with E-state index in [2.05, 4.69) is 24.1 Å². The molecule has 1 heterocycles. The molecule has 1 aliphatic heterocycles. The fourth-order valence-corrected chi connectivity index (χ4v) is 2.96. The first kappa shape index (κ1) is 14.3. The molecule has 0 amide bonds. The highest BCUT2D eigenvalue weighted by atomic mass is 19.1. The first-order valence-electron chi connectivity index (χ1n) is 7.48. The molecule has 0 aliphatic carbocycles. The molecule has 1 aromatic carbocycles. The minimum atomic E-state index is -0.138. The molecule has 2 nitrogen and oxygen atoms in total. The fourth-order valence-electron chi connectivity index (χ4n) is 2.96. The molecular formula is C16H25FN2. The van der Waals surface area contributed by atoms with E-state index < -0.39 is 0 Å². The molecule has 1 aliphatic rings. The zero-order chi connectivity index (χ0) is 13.7. The molecule has 0 bridgehead atoms. The maximum Gasteiger partial charge on any atom is 0.123 e. The minimum Gasteiger partial charge on any atom is -0.371 e. The first-order valence-corrected chi connectivity index (χ1v) is 7.48. The monoisotopic (exact) mass is 264 g/mol. The van der Waals surface area contributed by atoms with E-state index in [0.717, 1.165) is 37.7 Å². The molecule has 19 heavy (non-hydrogen) atoms. The quantitative estimate of drug-likeness (QED) is 0.845. The molecule has 106 valence electrons. The highest BCUT2D eigenvalue weighted by Gasteiger charge is 2.23. The number of hydrogen-bond donors (Lipinski definition) is 1. The van der Waals surface area contributed by atoms with Crippen LogP contribution in [0.25, 0.3) is 0 Å². The predicted molar refractivity (Wildman–Crippen MR) is 79.0 cm³/mol. The minimum absolute atomic E-state index is 0.138. The van der Waals surface area contributed by atoms with Gasteiger partial charge in [-0.15, -0.1) is 0 Å². The van der Waals surface area contributed by atoms with Crippen LogP contribution in [0.1, 0.15) is 38.7 Å². The van der Waals surface area contributed by atoms with Gasteiger partial charge in [0.1, 0.15) is 5.82 Å². The topological polar surface area (TPSA) is 15.3 Å². The Morgan fingerprint density at radius 1 is 1.37 bits per heavy atom. The lowest BCUT2D eigenvalue weighted by Gasteiger charge is -2.22. The van der Waals surface area contributed by atoms with E-state index in [1.807, 2.05) is 6.07 Å². The molecule has 1 saturated heterocycles. The molecule has 2 rings (SSSR count). The lowest BCUT2D eigenvalue weighted by Crippen LogP contribution is -2.23. The maximum absolute atomic E-state index is 13.4. The second kappa shape index (κ2) is 6.90. The van der Waals surface area contributed by atoms with Crippen molar-refractivity contribution < 1.29 is 4.39 Å². The van der Waals surface area contributed by atoms with Crippen molar-refractivity contribution >= 4 is 5.69 Å². The third kappa shape index (κ3) is 3.69. The van der Waals surface area contributed by atoms with Gasteiger partial charge in [-0.25, -0.2) is 4.39 Å². The van der Waals surface area contributed by atoms with Gasteiger partial charge in [0, 0.05) is 25.3 Å². The molecular weight excluding hydrogens is 239 g/mol. The van der Waals surface area contributed by atoms with Crippen LogP contribution in [-0.4, -0.2) is 19.6 Å². The van der Waals surface area contributed by atoms with E-state index in [9.17, 15) is 4.39 Å². The van der Waals surface area contributed by atoms with Crippen molar-refractivity contribution in [2.75, 3.05) is 24.5 Å². The van der Waals surface area contributed by atoms with Crippen LogP contribution in [-0.2, 0) is 6.54 Å². The van der Waals surface area contributed by atoms with Crippen LogP contribution in [0.3, 0.4) is 0 Å². The Labute approximate surface area is 116 Å². The van der Waals surface area contributed by atoms with E-state index in [-0.39, 0.29) is 5.82 Å². The Balaban J connectivity index is 2.10. The number of halogens is 1. The van der Waals surface area contributed by atoms with Crippen molar-refractivity contribution in [1.29, 1.82) is 0 Å². The van der Waals surface area contributed by atoms with Crippen molar-refractivity contribution in [3.05, 3.63) is 29.6 Å². The predicted octanol–water partition coefficient (Wildman–Crippen LogP) is 3.56. The summed E-state index contributed by atoms with van der Waals surface area (Å²) in [5, 5.41) is 3.30. The van der Waals surface area contributed by atoms with Crippen LogP contribution < -0.4 is 10.2 Å². The van der Waals surface area contributed by atoms with Crippen molar-refractivity contribution in [1.82, 2.24) is 5.32 Å². The van der Waals surface area contributed by atoms with Crippen LogP contribution in [0.15, 0.2) is 18.2 Å². The summed E-state index contributed by atoms with van der Waals surface area (Å²) in [6, 6.07) is 5.19. The molecule has 0 saturated carbocycles. The van der Waals surface area contributed by atoms with Crippen LogP contribution in [0, 0.1) is 11.7 Å². The summed E-state index contributed by atoms with van der Waals surface area (Å²) >= 11 is 0. The first-order chi connectivity index (χ1) is 9.24. The summed E-state index contributed by atoms with van der Waals surface area (Å²) in [5.41, 5.74) is 2.29. The zero-order valence-corrected chi connectivity index (χ0v) is 12.1. The van der Waals surface area contributed by atoms with Crippen LogP contribution in [0.2, 0.25) is 0 Å². The van der Waals surface area contributed by atoms with E-state index in [1.165, 1.54) is 24.9 Å². The third-order valence-electron chi connectivity index (χ3n) is 3.93. The van der Waals surface area contributed by atoms with Crippen molar-refractivity contribution in [2.45, 2.75) is 39.7 Å². The average Bonchev–Trinajstić information content (AvgIpc) is 2.85. The summed E-state index contributed by atoms with van der Waals surface area (Å²) in [4.78, 5) is 2.42. The Morgan fingerprint density at radius 3 is 2.95 bits per heavy atom. The summed E-state index contributed by atoms with van der Waals surface area (Å²) < 4.78 is 13.4. The molecule has 1 fully saturated rings. The molecule has 1 aromatic rings. The summed E-state index contributed by atoms with van der Waals surface area (Å²) in [5.74, 6) is 0.669. The Morgan fingerprint density at radius 2 is 2.21 bits per heavy atom. The van der Waals surface area contributed by atoms with Crippen LogP contribution >= 0.6 is 0 Å². The second-order valence-corrected chi connectivity index (χ2v) is 5.44. The van der Waals surface area contributed by atoms with Gasteiger partial charge in [-0.05, 0) is 49.1 Å². The Hall–Kier alpha value is -1.09. The summed E-state index contributed by atoms with van der Waals surface area (Å²) in [7, 11) is 0. The molecule has 0 radical (unpaired) electrons. The largest absolute Gasteiger partial charge is 0.371 e. The number of benzene rings is 1. The van der Waals surface area contributed by atoms with Gasteiger partial charge in [-0.1, -0.05) is 20.3 Å². The lowest BCUT2D eigenvalue weighted by atomic mass is 10.0. The molecule has 1 atom stereocenters. The van der Waals surface area contributed by atoms with Gasteiger partial charge in [0.05, 0.1) is 0 Å². The zero-order valence-electron chi connectivity index (χ0n) is 12.1. The van der Waals surface area contributed by atoms with Gasteiger partial charge < -0.3 is 10.2 Å². The number of rotatable bonds is 6. The molecule has 0 spiro atoms. The summed E-state index contributed by atoms with van der Waals surface area (Å²) in [6.07, 6.45) is 3.83. The Bertz CT molecular complexity index is 406. The Kier molecular flexibility index (Phi) is 5.20. The van der Waals surface area contributed by atoms with Gasteiger partial charge in [0.25, 0.3) is 0 Å². The molecule has 3 heteroatoms. The molecule has 0 aromatic heterocycles. The van der Waals surface area contributed by atoms with E-state index in [1.54, 1.807) is 12.1 Å². The number of hydrogen-bond acceptors (Lipinski definition) is 2. The van der Waals surface area contributed by atoms with Crippen molar-refractivity contribution in [2.24, 2.45) is 5.92 Å². The smallest absolute Gasteiger partial charge is 0.123 e. The van der Waals surface area contributed by atoms with E-state index in [4.69, 9.17) is 0 Å². The van der Waals surface area contributed by atoms with Gasteiger partial charge in [0.2, 0.25) is 0 Å². The number of nitrogens with zero attached hydrogens (tertiary/aromatic N) is 1. The summed E-state index contributed by atoms with van der Waals surface area (Å²) in [6.45, 7) is 8.21. The maximum atomic E-state index is 13.4. The number of anilines is 1. The lowest BCUT2D eigenvalue weighted by molar-refractivity contribution is 0.529. The number of nitrogens with one attached hydrogen (secondary N) is 1. The highest BCUT2D eigenvalue weighted by Crippen LogP contribution is 2.29. The SMILES string of the molecule is CCCC1CCN(c2ccc(F)cc2CNCC)C1. The van der Waals surface area contributed by atoms with Gasteiger partial charge in [-0.2, -0.15) is 0 Å². The van der Waals surface area contributed by atoms with E-state index in [0.29, 0.717) is 0 Å². The van der Waals surface area contributed by atoms with Gasteiger partial charge in [-0.3, -0.25) is 0 Å². The van der Waals surface area contributed by atoms with Crippen LogP contribution in [0.4, 0.5) is 10.1 Å². The molecule has 1 N–H and O–H groups in total. The van der Waals surface area contributed by atoms with Gasteiger partial charge >= 0.3 is 0 Å². The average molecular weight is 264 g/mol. The van der Waals surface area contributed by atoms with Gasteiger partial charge in [0.15, 0.2) is 0 Å². The normalized spacial score (nSPS) is 19.1. The fraction of sp³-hybridized carbons (Fsp3) is 0.625. The van der Waals surface area contributed by atoms with E-state index >= 15 is 0 Å². The molecule has 1 unspecified atom stereocenters. The second-order valence-electron chi connectivity index (χ2n) is 5.44. The van der Waals surface area contributed by atoms with Crippen molar-refractivity contribution in [3.8, 4) is 0 Å². The third-order valence-corrected chi connectivity index (χ3v) is 3.93.